The summed E-state index contributed by atoms with van der Waals surface area (Å²) in [4.78, 5) is 16.1. The summed E-state index contributed by atoms with van der Waals surface area (Å²) in [6.07, 6.45) is 2.47. The van der Waals surface area contributed by atoms with Crippen molar-refractivity contribution in [2.75, 3.05) is 20.3 Å². The molecule has 100 valence electrons. The molecule has 1 amide bonds. The van der Waals surface area contributed by atoms with Crippen molar-refractivity contribution < 1.29 is 9.53 Å². The van der Waals surface area contributed by atoms with Crippen LogP contribution in [0.2, 0.25) is 0 Å². The zero-order valence-electron chi connectivity index (χ0n) is 10.8. The Morgan fingerprint density at radius 3 is 2.89 bits per heavy atom. The van der Waals surface area contributed by atoms with E-state index < -0.39 is 0 Å². The average Bonchev–Trinajstić information content (AvgIpc) is 3.11. The standard InChI is InChI=1S/C13H19NO2S2/c1-9(10-3-4-10)14(5-6-16-2)13(15)12-7-11(17)8-18-12/h7-10,17H,3-6H2,1-2H3. The predicted octanol–water partition coefficient (Wildman–Crippen LogP) is 2.92. The van der Waals surface area contributed by atoms with Crippen molar-refractivity contribution in [2.24, 2.45) is 5.92 Å². The Hall–Kier alpha value is -0.520. The molecule has 0 bridgehead atoms. The molecule has 1 aliphatic rings. The van der Waals surface area contributed by atoms with Gasteiger partial charge in [0.2, 0.25) is 0 Å². The molecular formula is C13H19NO2S2. The van der Waals surface area contributed by atoms with Crippen LogP contribution in [0.5, 0.6) is 0 Å². The van der Waals surface area contributed by atoms with Crippen LogP contribution >= 0.6 is 24.0 Å². The van der Waals surface area contributed by atoms with Crippen LogP contribution in [0.25, 0.3) is 0 Å². The summed E-state index contributed by atoms with van der Waals surface area (Å²) in [5.41, 5.74) is 0. The van der Waals surface area contributed by atoms with Crippen molar-refractivity contribution >= 4 is 29.9 Å². The molecule has 0 saturated heterocycles. The number of ether oxygens (including phenoxy) is 1. The van der Waals surface area contributed by atoms with Crippen LogP contribution in [0.1, 0.15) is 29.4 Å². The lowest BCUT2D eigenvalue weighted by molar-refractivity contribution is 0.0599. The van der Waals surface area contributed by atoms with Gasteiger partial charge in [0, 0.05) is 30.0 Å². The van der Waals surface area contributed by atoms with Crippen LogP contribution in [0.3, 0.4) is 0 Å². The van der Waals surface area contributed by atoms with E-state index in [1.54, 1.807) is 7.11 Å². The molecule has 0 aromatic carbocycles. The molecule has 1 aromatic rings. The summed E-state index contributed by atoms with van der Waals surface area (Å²) in [6.45, 7) is 3.38. The summed E-state index contributed by atoms with van der Waals surface area (Å²) in [6, 6.07) is 2.15. The Kier molecular flexibility index (Phi) is 4.70. The van der Waals surface area contributed by atoms with Crippen LogP contribution < -0.4 is 0 Å². The van der Waals surface area contributed by atoms with Crippen molar-refractivity contribution in [3.8, 4) is 0 Å². The summed E-state index contributed by atoms with van der Waals surface area (Å²) in [5, 5.41) is 1.90. The highest BCUT2D eigenvalue weighted by molar-refractivity contribution is 7.80. The third-order valence-corrected chi connectivity index (χ3v) is 4.74. The van der Waals surface area contributed by atoms with E-state index in [9.17, 15) is 4.79 Å². The largest absolute Gasteiger partial charge is 0.383 e. The lowest BCUT2D eigenvalue weighted by Crippen LogP contribution is -2.41. The molecule has 1 aromatic heterocycles. The van der Waals surface area contributed by atoms with E-state index in [1.165, 1.54) is 24.2 Å². The van der Waals surface area contributed by atoms with Gasteiger partial charge in [0.05, 0.1) is 11.5 Å². The molecule has 1 atom stereocenters. The summed E-state index contributed by atoms with van der Waals surface area (Å²) >= 11 is 5.72. The maximum absolute atomic E-state index is 12.5. The van der Waals surface area contributed by atoms with E-state index in [4.69, 9.17) is 4.74 Å². The van der Waals surface area contributed by atoms with Crippen molar-refractivity contribution in [3.63, 3.8) is 0 Å². The first kappa shape index (κ1) is 13.9. The minimum atomic E-state index is 0.108. The molecule has 0 N–H and O–H groups in total. The van der Waals surface area contributed by atoms with Gasteiger partial charge in [-0.1, -0.05) is 0 Å². The fraction of sp³-hybridized carbons (Fsp3) is 0.615. The second kappa shape index (κ2) is 6.08. The minimum absolute atomic E-state index is 0.108. The predicted molar refractivity (Wildman–Crippen MR) is 76.7 cm³/mol. The molecule has 5 heteroatoms. The Morgan fingerprint density at radius 2 is 2.39 bits per heavy atom. The van der Waals surface area contributed by atoms with E-state index in [0.717, 1.165) is 9.77 Å². The Morgan fingerprint density at radius 1 is 1.67 bits per heavy atom. The van der Waals surface area contributed by atoms with Crippen molar-refractivity contribution in [2.45, 2.75) is 30.7 Å². The van der Waals surface area contributed by atoms with E-state index in [2.05, 4.69) is 19.6 Å². The molecule has 0 radical (unpaired) electrons. The van der Waals surface area contributed by atoms with Gasteiger partial charge in [-0.2, -0.15) is 0 Å². The van der Waals surface area contributed by atoms with Crippen molar-refractivity contribution in [3.05, 3.63) is 16.3 Å². The van der Waals surface area contributed by atoms with Crippen LogP contribution in [0.4, 0.5) is 0 Å². The van der Waals surface area contributed by atoms with Gasteiger partial charge in [0.1, 0.15) is 0 Å². The quantitative estimate of drug-likeness (QED) is 0.814. The van der Waals surface area contributed by atoms with Crippen LogP contribution in [0, 0.1) is 5.92 Å². The third kappa shape index (κ3) is 3.28. The van der Waals surface area contributed by atoms with Gasteiger partial charge in [-0.25, -0.2) is 0 Å². The number of hydrogen-bond acceptors (Lipinski definition) is 4. The molecule has 2 rings (SSSR count). The summed E-state index contributed by atoms with van der Waals surface area (Å²) in [7, 11) is 1.67. The second-order valence-electron chi connectivity index (χ2n) is 4.74. The first-order chi connectivity index (χ1) is 8.63. The molecule has 1 unspecified atom stereocenters. The molecule has 1 fully saturated rings. The highest BCUT2D eigenvalue weighted by Crippen LogP contribution is 2.36. The smallest absolute Gasteiger partial charge is 0.264 e. The number of carbonyl (C=O) groups excluding carboxylic acids is 1. The Balaban J connectivity index is 2.09. The summed E-state index contributed by atoms with van der Waals surface area (Å²) < 4.78 is 5.11. The highest BCUT2D eigenvalue weighted by Gasteiger charge is 2.34. The Bertz CT molecular complexity index is 415. The Labute approximate surface area is 118 Å². The number of rotatable bonds is 6. The monoisotopic (exact) mass is 285 g/mol. The maximum Gasteiger partial charge on any atom is 0.264 e. The molecule has 0 spiro atoms. The van der Waals surface area contributed by atoms with Crippen LogP contribution in [-0.4, -0.2) is 37.1 Å². The number of carbonyl (C=O) groups is 1. The molecular weight excluding hydrogens is 266 g/mol. The molecule has 1 aliphatic carbocycles. The first-order valence-electron chi connectivity index (χ1n) is 6.21. The number of thiol groups is 1. The molecule has 1 saturated carbocycles. The number of hydrogen-bond donors (Lipinski definition) is 1. The zero-order chi connectivity index (χ0) is 13.1. The van der Waals surface area contributed by atoms with E-state index in [-0.39, 0.29) is 5.91 Å². The molecule has 0 aliphatic heterocycles. The number of thiophene rings is 1. The molecule has 18 heavy (non-hydrogen) atoms. The van der Waals surface area contributed by atoms with Gasteiger partial charge in [-0.3, -0.25) is 4.79 Å². The first-order valence-corrected chi connectivity index (χ1v) is 7.53. The maximum atomic E-state index is 12.5. The average molecular weight is 285 g/mol. The van der Waals surface area contributed by atoms with Gasteiger partial charge in [0.15, 0.2) is 0 Å². The molecule has 1 heterocycles. The fourth-order valence-corrected chi connectivity index (χ4v) is 3.20. The third-order valence-electron chi connectivity index (χ3n) is 3.39. The van der Waals surface area contributed by atoms with E-state index in [0.29, 0.717) is 25.1 Å². The van der Waals surface area contributed by atoms with Gasteiger partial charge in [-0.15, -0.1) is 24.0 Å². The van der Waals surface area contributed by atoms with Gasteiger partial charge >= 0.3 is 0 Å². The number of methoxy groups -OCH3 is 1. The number of amides is 1. The topological polar surface area (TPSA) is 29.5 Å². The van der Waals surface area contributed by atoms with E-state index in [1.807, 2.05) is 16.3 Å². The SMILES string of the molecule is COCCN(C(=O)c1cc(S)cs1)C(C)C1CC1. The lowest BCUT2D eigenvalue weighted by Gasteiger charge is -2.28. The van der Waals surface area contributed by atoms with E-state index >= 15 is 0 Å². The fourth-order valence-electron chi connectivity index (χ4n) is 2.09. The van der Waals surface area contributed by atoms with Crippen molar-refractivity contribution in [1.29, 1.82) is 0 Å². The zero-order valence-corrected chi connectivity index (χ0v) is 12.5. The van der Waals surface area contributed by atoms with Gasteiger partial charge < -0.3 is 9.64 Å². The lowest BCUT2D eigenvalue weighted by atomic mass is 10.1. The van der Waals surface area contributed by atoms with Crippen LogP contribution in [0.15, 0.2) is 16.3 Å². The molecule has 3 nitrogen and oxygen atoms in total. The number of nitrogens with zero attached hydrogens (tertiary/aromatic N) is 1. The minimum Gasteiger partial charge on any atom is -0.383 e. The normalized spacial score (nSPS) is 16.6. The van der Waals surface area contributed by atoms with Crippen molar-refractivity contribution in [1.82, 2.24) is 4.90 Å². The van der Waals surface area contributed by atoms with Gasteiger partial charge in [-0.05, 0) is 31.7 Å². The highest BCUT2D eigenvalue weighted by atomic mass is 32.1. The summed E-state index contributed by atoms with van der Waals surface area (Å²) in [5.74, 6) is 0.776. The van der Waals surface area contributed by atoms with Crippen LogP contribution in [-0.2, 0) is 4.74 Å². The van der Waals surface area contributed by atoms with Gasteiger partial charge in [0.25, 0.3) is 5.91 Å². The second-order valence-corrected chi connectivity index (χ2v) is 6.17.